The Kier molecular flexibility index (Phi) is 1.87. The van der Waals surface area contributed by atoms with Crippen LogP contribution in [0.5, 0.6) is 0 Å². The van der Waals surface area contributed by atoms with Crippen molar-refractivity contribution >= 4 is 15.9 Å². The molecule has 0 saturated heterocycles. The average molecular weight is 215 g/mol. The summed E-state index contributed by atoms with van der Waals surface area (Å²) in [6.07, 6.45) is 9.07. The Morgan fingerprint density at radius 1 is 1.55 bits per heavy atom. The van der Waals surface area contributed by atoms with Gasteiger partial charge in [0.1, 0.15) is 0 Å². The molecule has 2 aliphatic carbocycles. The molecule has 62 valence electrons. The van der Waals surface area contributed by atoms with Crippen molar-refractivity contribution in [2.24, 2.45) is 17.3 Å². The topological polar surface area (TPSA) is 0 Å². The number of fused-ring (bicyclic) bond motifs is 2. The van der Waals surface area contributed by atoms with E-state index in [0.29, 0.717) is 5.41 Å². The van der Waals surface area contributed by atoms with Gasteiger partial charge in [0.2, 0.25) is 0 Å². The summed E-state index contributed by atoms with van der Waals surface area (Å²) in [5.41, 5.74) is 0.628. The molecule has 1 heteroatoms. The Balaban J connectivity index is 2.11. The molecular weight excluding hydrogens is 200 g/mol. The second-order valence-electron chi connectivity index (χ2n) is 4.28. The summed E-state index contributed by atoms with van der Waals surface area (Å²) in [5, 5.41) is 1.17. The Hall–Kier alpha value is 0.220. The number of alkyl halides is 1. The zero-order valence-corrected chi connectivity index (χ0v) is 8.60. The largest absolute Gasteiger partial charge is 0.0928 e. The van der Waals surface area contributed by atoms with Crippen LogP contribution in [-0.2, 0) is 0 Å². The van der Waals surface area contributed by atoms with Gasteiger partial charge in [-0.25, -0.2) is 0 Å². The van der Waals surface area contributed by atoms with Gasteiger partial charge in [-0.2, -0.15) is 0 Å². The quantitative estimate of drug-likeness (QED) is 0.489. The molecule has 3 atom stereocenters. The standard InChI is InChI=1S/C10H15Br/c1-10(4-5-11)7-8-2-3-9(10)6-8/h2-3,8-9H,4-7H2,1H3. The van der Waals surface area contributed by atoms with Gasteiger partial charge in [0.15, 0.2) is 0 Å². The first-order valence-corrected chi connectivity index (χ1v) is 5.61. The van der Waals surface area contributed by atoms with Gasteiger partial charge in [0, 0.05) is 5.33 Å². The van der Waals surface area contributed by atoms with Gasteiger partial charge in [-0.05, 0) is 36.5 Å². The molecule has 0 heterocycles. The van der Waals surface area contributed by atoms with E-state index in [9.17, 15) is 0 Å². The van der Waals surface area contributed by atoms with Gasteiger partial charge in [0.25, 0.3) is 0 Å². The van der Waals surface area contributed by atoms with Crippen molar-refractivity contribution in [3.05, 3.63) is 12.2 Å². The molecule has 0 N–H and O–H groups in total. The molecule has 2 aliphatic rings. The zero-order chi connectivity index (χ0) is 7.90. The van der Waals surface area contributed by atoms with Crippen LogP contribution in [-0.4, -0.2) is 5.33 Å². The molecule has 0 radical (unpaired) electrons. The molecule has 3 unspecified atom stereocenters. The van der Waals surface area contributed by atoms with Crippen LogP contribution in [0.2, 0.25) is 0 Å². The molecule has 1 saturated carbocycles. The van der Waals surface area contributed by atoms with Crippen molar-refractivity contribution in [3.63, 3.8) is 0 Å². The van der Waals surface area contributed by atoms with Crippen LogP contribution in [0, 0.1) is 17.3 Å². The predicted molar refractivity (Wildman–Crippen MR) is 51.9 cm³/mol. The summed E-state index contributed by atoms with van der Waals surface area (Å²) >= 11 is 3.54. The lowest BCUT2D eigenvalue weighted by Gasteiger charge is -2.30. The first-order chi connectivity index (χ1) is 5.24. The van der Waals surface area contributed by atoms with Crippen LogP contribution in [0.3, 0.4) is 0 Å². The number of hydrogen-bond donors (Lipinski definition) is 0. The van der Waals surface area contributed by atoms with Crippen LogP contribution >= 0.6 is 15.9 Å². The second-order valence-corrected chi connectivity index (χ2v) is 5.08. The van der Waals surface area contributed by atoms with E-state index in [1.807, 2.05) is 0 Å². The fourth-order valence-corrected chi connectivity index (χ4v) is 3.60. The fourth-order valence-electron chi connectivity index (χ4n) is 2.70. The van der Waals surface area contributed by atoms with Gasteiger partial charge in [0.05, 0.1) is 0 Å². The first kappa shape index (κ1) is 7.85. The van der Waals surface area contributed by atoms with Crippen molar-refractivity contribution in [1.82, 2.24) is 0 Å². The van der Waals surface area contributed by atoms with E-state index < -0.39 is 0 Å². The third-order valence-corrected chi connectivity index (χ3v) is 3.86. The maximum Gasteiger partial charge on any atom is 0.00367 e. The van der Waals surface area contributed by atoms with Crippen molar-refractivity contribution in [3.8, 4) is 0 Å². The Morgan fingerprint density at radius 3 is 2.82 bits per heavy atom. The summed E-state index contributed by atoms with van der Waals surface area (Å²) in [5.74, 6) is 1.81. The molecule has 0 spiro atoms. The van der Waals surface area contributed by atoms with E-state index in [1.54, 1.807) is 0 Å². The molecule has 0 aromatic heterocycles. The van der Waals surface area contributed by atoms with Crippen LogP contribution in [0.25, 0.3) is 0 Å². The van der Waals surface area contributed by atoms with Gasteiger partial charge < -0.3 is 0 Å². The van der Waals surface area contributed by atoms with Crippen LogP contribution in [0.15, 0.2) is 12.2 Å². The number of halogens is 1. The van der Waals surface area contributed by atoms with Gasteiger partial charge in [-0.1, -0.05) is 35.0 Å². The minimum Gasteiger partial charge on any atom is -0.0928 e. The number of hydrogen-bond acceptors (Lipinski definition) is 0. The molecule has 11 heavy (non-hydrogen) atoms. The van der Waals surface area contributed by atoms with Gasteiger partial charge in [-0.15, -0.1) is 0 Å². The summed E-state index contributed by atoms with van der Waals surface area (Å²) in [7, 11) is 0. The molecule has 0 aromatic carbocycles. The third kappa shape index (κ3) is 1.18. The average Bonchev–Trinajstić information content (AvgIpc) is 2.45. The monoisotopic (exact) mass is 214 g/mol. The smallest absolute Gasteiger partial charge is 0.00367 e. The van der Waals surface area contributed by atoms with E-state index >= 15 is 0 Å². The number of allylic oxidation sites excluding steroid dienone is 2. The molecule has 0 amide bonds. The molecule has 2 rings (SSSR count). The summed E-state index contributed by atoms with van der Waals surface area (Å²) in [6.45, 7) is 2.45. The minimum atomic E-state index is 0.628. The summed E-state index contributed by atoms with van der Waals surface area (Å²) in [6, 6.07) is 0. The Bertz CT molecular complexity index is 185. The lowest BCUT2D eigenvalue weighted by atomic mass is 9.76. The molecule has 0 nitrogen and oxygen atoms in total. The molecular formula is C10H15Br. The van der Waals surface area contributed by atoms with Crippen molar-refractivity contribution < 1.29 is 0 Å². The SMILES string of the molecule is CC1(CCBr)CC2C=CC1C2. The molecule has 0 aromatic rings. The van der Waals surface area contributed by atoms with E-state index in [2.05, 4.69) is 35.0 Å². The van der Waals surface area contributed by atoms with E-state index in [1.165, 1.54) is 24.6 Å². The van der Waals surface area contributed by atoms with Gasteiger partial charge >= 0.3 is 0 Å². The van der Waals surface area contributed by atoms with E-state index in [-0.39, 0.29) is 0 Å². The molecule has 0 aliphatic heterocycles. The molecule has 2 bridgehead atoms. The van der Waals surface area contributed by atoms with Crippen LogP contribution < -0.4 is 0 Å². The van der Waals surface area contributed by atoms with E-state index in [0.717, 1.165) is 11.8 Å². The highest BCUT2D eigenvalue weighted by Crippen LogP contribution is 2.53. The van der Waals surface area contributed by atoms with Crippen molar-refractivity contribution in [1.29, 1.82) is 0 Å². The summed E-state index contributed by atoms with van der Waals surface area (Å²) < 4.78 is 0. The van der Waals surface area contributed by atoms with Crippen LogP contribution in [0.4, 0.5) is 0 Å². The second kappa shape index (κ2) is 2.62. The fraction of sp³-hybridized carbons (Fsp3) is 0.800. The highest BCUT2D eigenvalue weighted by atomic mass is 79.9. The van der Waals surface area contributed by atoms with Crippen molar-refractivity contribution in [2.45, 2.75) is 26.2 Å². The minimum absolute atomic E-state index is 0.628. The molecule has 1 fully saturated rings. The Labute approximate surface area is 77.2 Å². The highest BCUT2D eigenvalue weighted by Gasteiger charge is 2.43. The first-order valence-electron chi connectivity index (χ1n) is 4.49. The lowest BCUT2D eigenvalue weighted by Crippen LogP contribution is -2.22. The van der Waals surface area contributed by atoms with E-state index in [4.69, 9.17) is 0 Å². The van der Waals surface area contributed by atoms with Gasteiger partial charge in [-0.3, -0.25) is 0 Å². The lowest BCUT2D eigenvalue weighted by molar-refractivity contribution is 0.255. The number of rotatable bonds is 2. The highest BCUT2D eigenvalue weighted by molar-refractivity contribution is 9.09. The van der Waals surface area contributed by atoms with Crippen molar-refractivity contribution in [2.75, 3.05) is 5.33 Å². The van der Waals surface area contributed by atoms with Crippen LogP contribution in [0.1, 0.15) is 26.2 Å². The predicted octanol–water partition coefficient (Wildman–Crippen LogP) is 3.37. The Morgan fingerprint density at radius 2 is 2.36 bits per heavy atom. The summed E-state index contributed by atoms with van der Waals surface area (Å²) in [4.78, 5) is 0. The maximum atomic E-state index is 3.54. The normalized spacial score (nSPS) is 47.1. The zero-order valence-electron chi connectivity index (χ0n) is 7.02. The third-order valence-electron chi connectivity index (χ3n) is 3.46. The maximum absolute atomic E-state index is 3.54.